The van der Waals surface area contributed by atoms with Crippen molar-refractivity contribution >= 4 is 35.5 Å². The Hall–Kier alpha value is -3.32. The van der Waals surface area contributed by atoms with Crippen molar-refractivity contribution in [2.24, 2.45) is 4.99 Å². The maximum atomic E-state index is 12.3. The van der Waals surface area contributed by atoms with Gasteiger partial charge in [-0.25, -0.2) is 14.6 Å². The summed E-state index contributed by atoms with van der Waals surface area (Å²) >= 11 is 6.32. The van der Waals surface area contributed by atoms with Gasteiger partial charge in [-0.15, -0.1) is 0 Å². The van der Waals surface area contributed by atoms with Gasteiger partial charge < -0.3 is 18.9 Å². The monoisotopic (exact) mass is 429 g/mol. The minimum atomic E-state index is -0.564. The summed E-state index contributed by atoms with van der Waals surface area (Å²) < 4.78 is 20.9. The van der Waals surface area contributed by atoms with Crippen molar-refractivity contribution in [1.82, 2.24) is 0 Å². The van der Waals surface area contributed by atoms with Crippen molar-refractivity contribution in [3.63, 3.8) is 0 Å². The third kappa shape index (κ3) is 4.99. The molecule has 7 nitrogen and oxygen atoms in total. The Labute approximate surface area is 178 Å². The van der Waals surface area contributed by atoms with Crippen LogP contribution in [0.3, 0.4) is 0 Å². The van der Waals surface area contributed by atoms with Gasteiger partial charge in [-0.3, -0.25) is 0 Å². The first-order chi connectivity index (χ1) is 14.4. The lowest BCUT2D eigenvalue weighted by atomic mass is 10.1. The van der Waals surface area contributed by atoms with Gasteiger partial charge in [0.05, 0.1) is 18.7 Å². The summed E-state index contributed by atoms with van der Waals surface area (Å²) in [6.45, 7) is 3.81. The molecule has 0 aromatic heterocycles. The normalized spacial score (nSPS) is 14.3. The number of hydrogen-bond acceptors (Lipinski definition) is 7. The molecule has 3 rings (SSSR count). The molecule has 0 saturated heterocycles. The molecule has 0 unspecified atom stereocenters. The molecule has 0 radical (unpaired) electrons. The van der Waals surface area contributed by atoms with Crippen LogP contribution in [-0.4, -0.2) is 38.2 Å². The van der Waals surface area contributed by atoms with Gasteiger partial charge in [-0.2, -0.15) is 0 Å². The Morgan fingerprint density at radius 1 is 1.20 bits per heavy atom. The Kier molecular flexibility index (Phi) is 6.74. The van der Waals surface area contributed by atoms with Crippen LogP contribution in [0.25, 0.3) is 6.08 Å². The maximum Gasteiger partial charge on any atom is 0.363 e. The molecular formula is C22H20ClNO6. The summed E-state index contributed by atoms with van der Waals surface area (Å²) in [6, 6.07) is 10.7. The summed E-state index contributed by atoms with van der Waals surface area (Å²) in [5.74, 6) is -0.337. The molecule has 0 N–H and O–H groups in total. The highest BCUT2D eigenvalue weighted by Gasteiger charge is 2.24. The molecule has 0 atom stereocenters. The van der Waals surface area contributed by atoms with Crippen LogP contribution in [0.5, 0.6) is 11.5 Å². The van der Waals surface area contributed by atoms with Crippen molar-refractivity contribution in [3.8, 4) is 11.5 Å². The van der Waals surface area contributed by atoms with Crippen molar-refractivity contribution in [1.29, 1.82) is 0 Å². The van der Waals surface area contributed by atoms with Crippen LogP contribution < -0.4 is 9.47 Å². The predicted octanol–water partition coefficient (Wildman–Crippen LogP) is 3.94. The smallest absolute Gasteiger partial charge is 0.363 e. The van der Waals surface area contributed by atoms with Crippen LogP contribution in [0.4, 0.5) is 0 Å². The Bertz CT molecular complexity index is 1030. The lowest BCUT2D eigenvalue weighted by molar-refractivity contribution is -0.143. The van der Waals surface area contributed by atoms with Gasteiger partial charge >= 0.3 is 11.9 Å². The number of aliphatic imine (C=N–C) groups is 1. The fraction of sp³-hybridized carbons (Fsp3) is 0.227. The van der Waals surface area contributed by atoms with E-state index in [-0.39, 0.29) is 29.0 Å². The number of esters is 2. The number of aryl methyl sites for hydroxylation is 1. The number of halogens is 1. The van der Waals surface area contributed by atoms with Crippen LogP contribution in [0.1, 0.15) is 23.6 Å². The molecule has 8 heteroatoms. The van der Waals surface area contributed by atoms with E-state index in [1.54, 1.807) is 25.1 Å². The summed E-state index contributed by atoms with van der Waals surface area (Å²) in [5, 5.41) is 0.214. The third-order valence-corrected chi connectivity index (χ3v) is 4.40. The quantitative estimate of drug-likeness (QED) is 0.489. The molecule has 0 saturated carbocycles. The van der Waals surface area contributed by atoms with Crippen molar-refractivity contribution in [3.05, 3.63) is 63.8 Å². The number of methoxy groups -OCH3 is 1. The van der Waals surface area contributed by atoms with Crippen molar-refractivity contribution in [2.75, 3.05) is 20.3 Å². The topological polar surface area (TPSA) is 83.4 Å². The average Bonchev–Trinajstić information content (AvgIpc) is 3.08. The van der Waals surface area contributed by atoms with E-state index in [0.717, 1.165) is 5.56 Å². The highest BCUT2D eigenvalue weighted by molar-refractivity contribution is 6.32. The summed E-state index contributed by atoms with van der Waals surface area (Å²) in [6.07, 6.45) is 1.54. The van der Waals surface area contributed by atoms with E-state index in [2.05, 4.69) is 9.73 Å². The highest BCUT2D eigenvalue weighted by atomic mass is 35.5. The van der Waals surface area contributed by atoms with E-state index < -0.39 is 11.9 Å². The molecule has 1 aliphatic rings. The van der Waals surface area contributed by atoms with E-state index in [1.807, 2.05) is 31.2 Å². The van der Waals surface area contributed by atoms with Crippen LogP contribution in [0.15, 0.2) is 47.1 Å². The number of carbonyl (C=O) groups is 2. The molecule has 0 spiro atoms. The van der Waals surface area contributed by atoms with E-state index in [4.69, 9.17) is 25.8 Å². The lowest BCUT2D eigenvalue weighted by Crippen LogP contribution is -2.13. The fourth-order valence-corrected chi connectivity index (χ4v) is 2.92. The molecule has 1 heterocycles. The second kappa shape index (κ2) is 9.45. The van der Waals surface area contributed by atoms with Gasteiger partial charge in [0.1, 0.15) is 0 Å². The second-order valence-electron chi connectivity index (χ2n) is 6.33. The molecule has 0 aliphatic carbocycles. The number of hydrogen-bond donors (Lipinski definition) is 0. The zero-order valence-electron chi connectivity index (χ0n) is 16.7. The number of carbonyl (C=O) groups excluding carboxylic acids is 2. The number of cyclic esters (lactones) is 1. The van der Waals surface area contributed by atoms with E-state index in [1.165, 1.54) is 7.11 Å². The summed E-state index contributed by atoms with van der Waals surface area (Å²) in [5.41, 5.74) is 2.49. The number of ether oxygens (including phenoxy) is 4. The fourth-order valence-electron chi connectivity index (χ4n) is 2.65. The van der Waals surface area contributed by atoms with Gasteiger partial charge in [0, 0.05) is 5.56 Å². The van der Waals surface area contributed by atoms with E-state index in [0.29, 0.717) is 23.5 Å². The van der Waals surface area contributed by atoms with E-state index in [9.17, 15) is 9.59 Å². The standard InChI is InChI=1S/C22H20ClNO6/c1-4-28-18-11-14(9-16(23)20(18)29-12-19(25)27-3)10-17-22(26)30-21(24-17)15-7-5-13(2)6-8-15/h5-11H,4,12H2,1-3H3/b17-10-. The largest absolute Gasteiger partial charge is 0.490 e. The maximum absolute atomic E-state index is 12.3. The lowest BCUT2D eigenvalue weighted by Gasteiger charge is -2.13. The minimum Gasteiger partial charge on any atom is -0.490 e. The Morgan fingerprint density at radius 3 is 2.60 bits per heavy atom. The minimum absolute atomic E-state index is 0.132. The molecule has 2 aromatic carbocycles. The van der Waals surface area contributed by atoms with Gasteiger partial charge in [0.25, 0.3) is 0 Å². The molecule has 0 fully saturated rings. The van der Waals surface area contributed by atoms with Gasteiger partial charge in [-0.05, 0) is 49.8 Å². The van der Waals surface area contributed by atoms with Gasteiger partial charge in [0.2, 0.25) is 5.90 Å². The van der Waals surface area contributed by atoms with Crippen LogP contribution in [-0.2, 0) is 19.1 Å². The van der Waals surface area contributed by atoms with Crippen molar-refractivity contribution < 1.29 is 28.5 Å². The first-order valence-electron chi connectivity index (χ1n) is 9.16. The first kappa shape index (κ1) is 21.4. The van der Waals surface area contributed by atoms with Crippen molar-refractivity contribution in [2.45, 2.75) is 13.8 Å². The third-order valence-electron chi connectivity index (χ3n) is 4.12. The number of benzene rings is 2. The van der Waals surface area contributed by atoms with E-state index >= 15 is 0 Å². The number of nitrogens with zero attached hydrogens (tertiary/aromatic N) is 1. The SMILES string of the molecule is CCOc1cc(/C=C2\N=C(c3ccc(C)cc3)OC2=O)cc(Cl)c1OCC(=O)OC. The molecule has 0 bridgehead atoms. The number of rotatable bonds is 7. The molecular weight excluding hydrogens is 410 g/mol. The van der Waals surface area contributed by atoms with Crippen LogP contribution in [0, 0.1) is 6.92 Å². The Balaban J connectivity index is 1.91. The summed E-state index contributed by atoms with van der Waals surface area (Å²) in [7, 11) is 1.26. The first-order valence-corrected chi connectivity index (χ1v) is 9.54. The van der Waals surface area contributed by atoms with Crippen LogP contribution in [0.2, 0.25) is 5.02 Å². The molecule has 0 amide bonds. The molecule has 1 aliphatic heterocycles. The Morgan fingerprint density at radius 2 is 1.93 bits per heavy atom. The van der Waals surface area contributed by atoms with Gasteiger partial charge in [-0.1, -0.05) is 29.3 Å². The highest BCUT2D eigenvalue weighted by Crippen LogP contribution is 2.37. The molecule has 156 valence electrons. The molecule has 2 aromatic rings. The average molecular weight is 430 g/mol. The second-order valence-corrected chi connectivity index (χ2v) is 6.74. The molecule has 30 heavy (non-hydrogen) atoms. The van der Waals surface area contributed by atoms with Gasteiger partial charge in [0.15, 0.2) is 23.8 Å². The zero-order chi connectivity index (χ0) is 21.7. The van der Waals surface area contributed by atoms with Crippen LogP contribution >= 0.6 is 11.6 Å². The summed E-state index contributed by atoms with van der Waals surface area (Å²) in [4.78, 5) is 27.9. The zero-order valence-corrected chi connectivity index (χ0v) is 17.5. The predicted molar refractivity (Wildman–Crippen MR) is 112 cm³/mol.